The molecule has 2 rings (SSSR count). The van der Waals surface area contributed by atoms with E-state index in [4.69, 9.17) is 4.42 Å². The van der Waals surface area contributed by atoms with Gasteiger partial charge < -0.3 is 4.42 Å². The van der Waals surface area contributed by atoms with Crippen LogP contribution >= 0.6 is 15.9 Å². The number of nitrogens with one attached hydrogen (secondary N) is 1. The number of rotatable bonds is 3. The van der Waals surface area contributed by atoms with Gasteiger partial charge in [-0.3, -0.25) is 0 Å². The van der Waals surface area contributed by atoms with Crippen LogP contribution in [0.15, 0.2) is 21.2 Å². The van der Waals surface area contributed by atoms with Crippen LogP contribution in [0.5, 0.6) is 0 Å². The van der Waals surface area contributed by atoms with Crippen LogP contribution in [0.1, 0.15) is 38.9 Å². The van der Waals surface area contributed by atoms with E-state index in [1.807, 2.05) is 6.07 Å². The summed E-state index contributed by atoms with van der Waals surface area (Å²) in [5, 5.41) is 2.36. The normalized spacial score (nSPS) is 27.2. The zero-order valence-corrected chi connectivity index (χ0v) is 11.5. The molecule has 1 aliphatic heterocycles. The molecular weight excluding hydrogens is 268 g/mol. The van der Waals surface area contributed by atoms with E-state index in [2.05, 4.69) is 40.2 Å². The van der Waals surface area contributed by atoms with Gasteiger partial charge >= 0.3 is 0 Å². The maximum Gasteiger partial charge on any atom is 0.133 e. The van der Waals surface area contributed by atoms with E-state index in [9.17, 15) is 0 Å². The average molecular weight is 287 g/mol. The third-order valence-corrected chi connectivity index (χ3v) is 4.01. The number of hydrogen-bond donors (Lipinski definition) is 1. The van der Waals surface area contributed by atoms with Crippen LogP contribution < -0.4 is 5.43 Å². The van der Waals surface area contributed by atoms with E-state index < -0.39 is 0 Å². The number of piperidine rings is 1. The van der Waals surface area contributed by atoms with Gasteiger partial charge in [0.1, 0.15) is 5.76 Å². The highest BCUT2D eigenvalue weighted by molar-refractivity contribution is 9.10. The molecule has 2 unspecified atom stereocenters. The van der Waals surface area contributed by atoms with E-state index in [0.717, 1.165) is 16.8 Å². The summed E-state index contributed by atoms with van der Waals surface area (Å²) in [6.45, 7) is 5.31. The first kappa shape index (κ1) is 12.1. The van der Waals surface area contributed by atoms with Crippen LogP contribution in [0, 0.1) is 0 Å². The first-order valence-corrected chi connectivity index (χ1v) is 6.71. The standard InChI is InChI=1S/C12H19BrN2O/c1-9-4-3-5-10(2)15(9)14-8-12-11(13)6-7-16-12/h6-7,9-10,14H,3-5,8H2,1-2H3. The highest BCUT2D eigenvalue weighted by Gasteiger charge is 2.24. The number of hydrazine groups is 1. The van der Waals surface area contributed by atoms with Gasteiger partial charge in [0.2, 0.25) is 0 Å². The van der Waals surface area contributed by atoms with Gasteiger partial charge in [0.05, 0.1) is 17.3 Å². The molecule has 0 radical (unpaired) electrons. The van der Waals surface area contributed by atoms with E-state index in [-0.39, 0.29) is 0 Å². The summed E-state index contributed by atoms with van der Waals surface area (Å²) in [6.07, 6.45) is 5.60. The fraction of sp³-hybridized carbons (Fsp3) is 0.667. The Morgan fingerprint density at radius 3 is 2.69 bits per heavy atom. The van der Waals surface area contributed by atoms with Crippen molar-refractivity contribution >= 4 is 15.9 Å². The Labute approximate surface area is 105 Å². The zero-order chi connectivity index (χ0) is 11.5. The summed E-state index contributed by atoms with van der Waals surface area (Å²) in [4.78, 5) is 0. The molecule has 1 fully saturated rings. The van der Waals surface area contributed by atoms with E-state index in [1.54, 1.807) is 6.26 Å². The molecule has 3 nitrogen and oxygen atoms in total. The predicted octanol–water partition coefficient (Wildman–Crippen LogP) is 3.31. The Hall–Kier alpha value is -0.320. The molecule has 4 heteroatoms. The first-order chi connectivity index (χ1) is 7.68. The average Bonchev–Trinajstić information content (AvgIpc) is 2.64. The molecular formula is C12H19BrN2O. The molecule has 1 aromatic heterocycles. The molecule has 1 saturated heterocycles. The molecule has 2 heterocycles. The van der Waals surface area contributed by atoms with Crippen LogP contribution in [0.4, 0.5) is 0 Å². The third kappa shape index (κ3) is 2.67. The summed E-state index contributed by atoms with van der Waals surface area (Å²) in [6, 6.07) is 3.15. The number of hydrogen-bond acceptors (Lipinski definition) is 3. The van der Waals surface area contributed by atoms with Crippen LogP contribution in [-0.2, 0) is 6.54 Å². The SMILES string of the molecule is CC1CCCC(C)N1NCc1occc1Br. The van der Waals surface area contributed by atoms with Crippen LogP contribution in [0.3, 0.4) is 0 Å². The van der Waals surface area contributed by atoms with Crippen molar-refractivity contribution in [2.75, 3.05) is 0 Å². The van der Waals surface area contributed by atoms with Crippen LogP contribution in [-0.4, -0.2) is 17.1 Å². The fourth-order valence-corrected chi connectivity index (χ4v) is 2.69. The molecule has 0 aromatic carbocycles. The maximum absolute atomic E-state index is 5.39. The van der Waals surface area contributed by atoms with Crippen molar-refractivity contribution in [3.05, 3.63) is 22.6 Å². The van der Waals surface area contributed by atoms with E-state index in [0.29, 0.717) is 12.1 Å². The van der Waals surface area contributed by atoms with Gasteiger partial charge in [-0.15, -0.1) is 0 Å². The molecule has 1 aromatic rings. The molecule has 0 bridgehead atoms. The van der Waals surface area contributed by atoms with Gasteiger partial charge in [0, 0.05) is 12.1 Å². The lowest BCUT2D eigenvalue weighted by atomic mass is 10.00. The third-order valence-electron chi connectivity index (χ3n) is 3.31. The van der Waals surface area contributed by atoms with Crippen LogP contribution in [0.2, 0.25) is 0 Å². The summed E-state index contributed by atoms with van der Waals surface area (Å²) in [5.41, 5.74) is 3.47. The fourth-order valence-electron chi connectivity index (χ4n) is 2.35. The van der Waals surface area contributed by atoms with Crippen molar-refractivity contribution in [2.24, 2.45) is 0 Å². The molecule has 0 saturated carbocycles. The van der Waals surface area contributed by atoms with Gasteiger partial charge in [0.25, 0.3) is 0 Å². The Bertz CT molecular complexity index is 330. The van der Waals surface area contributed by atoms with Gasteiger partial charge in [-0.25, -0.2) is 10.4 Å². The summed E-state index contributed by atoms with van der Waals surface area (Å²) < 4.78 is 6.43. The zero-order valence-electron chi connectivity index (χ0n) is 9.87. The van der Waals surface area contributed by atoms with E-state index in [1.165, 1.54) is 19.3 Å². The smallest absolute Gasteiger partial charge is 0.133 e. The molecule has 0 amide bonds. The summed E-state index contributed by atoms with van der Waals surface area (Å²) >= 11 is 3.47. The Morgan fingerprint density at radius 2 is 2.12 bits per heavy atom. The molecule has 0 aliphatic carbocycles. The van der Waals surface area contributed by atoms with Crippen molar-refractivity contribution < 1.29 is 4.42 Å². The highest BCUT2D eigenvalue weighted by atomic mass is 79.9. The van der Waals surface area contributed by atoms with Crippen molar-refractivity contribution in [3.8, 4) is 0 Å². The van der Waals surface area contributed by atoms with Gasteiger partial charge in [-0.2, -0.15) is 0 Å². The number of nitrogens with zero attached hydrogens (tertiary/aromatic N) is 1. The second-order valence-electron chi connectivity index (χ2n) is 4.56. The molecule has 2 atom stereocenters. The van der Waals surface area contributed by atoms with Crippen molar-refractivity contribution in [3.63, 3.8) is 0 Å². The lowest BCUT2D eigenvalue weighted by Crippen LogP contribution is -2.51. The maximum atomic E-state index is 5.39. The lowest BCUT2D eigenvalue weighted by molar-refractivity contribution is 0.0410. The Morgan fingerprint density at radius 1 is 1.44 bits per heavy atom. The van der Waals surface area contributed by atoms with Crippen molar-refractivity contribution in [1.29, 1.82) is 0 Å². The number of halogens is 1. The van der Waals surface area contributed by atoms with Crippen LogP contribution in [0.25, 0.3) is 0 Å². The number of furan rings is 1. The predicted molar refractivity (Wildman–Crippen MR) is 67.9 cm³/mol. The Balaban J connectivity index is 1.91. The molecule has 1 aliphatic rings. The minimum absolute atomic E-state index is 0.609. The topological polar surface area (TPSA) is 28.4 Å². The molecule has 1 N–H and O–H groups in total. The van der Waals surface area contributed by atoms with Crippen molar-refractivity contribution in [2.45, 2.75) is 51.7 Å². The molecule has 90 valence electrons. The van der Waals surface area contributed by atoms with Gasteiger partial charge in [0.15, 0.2) is 0 Å². The second kappa shape index (κ2) is 5.34. The quantitative estimate of drug-likeness (QED) is 0.924. The highest BCUT2D eigenvalue weighted by Crippen LogP contribution is 2.22. The van der Waals surface area contributed by atoms with E-state index >= 15 is 0 Å². The largest absolute Gasteiger partial charge is 0.467 e. The minimum Gasteiger partial charge on any atom is -0.467 e. The lowest BCUT2D eigenvalue weighted by Gasteiger charge is -2.38. The molecule has 0 spiro atoms. The van der Waals surface area contributed by atoms with Gasteiger partial charge in [-0.1, -0.05) is 6.42 Å². The Kier molecular flexibility index (Phi) is 4.05. The minimum atomic E-state index is 0.609. The first-order valence-electron chi connectivity index (χ1n) is 5.92. The summed E-state index contributed by atoms with van der Waals surface area (Å²) in [7, 11) is 0. The second-order valence-corrected chi connectivity index (χ2v) is 5.42. The van der Waals surface area contributed by atoms with Crippen molar-refractivity contribution in [1.82, 2.24) is 10.4 Å². The monoisotopic (exact) mass is 286 g/mol. The summed E-state index contributed by atoms with van der Waals surface area (Å²) in [5.74, 6) is 0.963. The molecule has 16 heavy (non-hydrogen) atoms. The van der Waals surface area contributed by atoms with Gasteiger partial charge in [-0.05, 0) is 48.7 Å².